The number of hydrogen-bond donors (Lipinski definition) is 2. The zero-order chi connectivity index (χ0) is 15.8. The van der Waals surface area contributed by atoms with Crippen LogP contribution in [0.2, 0.25) is 0 Å². The molecule has 0 unspecified atom stereocenters. The molecule has 1 heterocycles. The van der Waals surface area contributed by atoms with Crippen LogP contribution in [-0.2, 0) is 24.4 Å². The molecule has 5 nitrogen and oxygen atoms in total. The minimum Gasteiger partial charge on any atom is -0.380 e. The molecule has 0 saturated heterocycles. The maximum absolute atomic E-state index is 5.16. The number of methoxy groups -OCH3 is 1. The van der Waals surface area contributed by atoms with E-state index in [1.165, 1.54) is 16.0 Å². The van der Waals surface area contributed by atoms with Crippen LogP contribution >= 0.6 is 11.3 Å². The number of aryl methyl sites for hydroxylation is 1. The summed E-state index contributed by atoms with van der Waals surface area (Å²) in [5.41, 5.74) is 2.37. The molecule has 0 bridgehead atoms. The van der Waals surface area contributed by atoms with Crippen LogP contribution in [0.1, 0.15) is 21.0 Å². The van der Waals surface area contributed by atoms with Gasteiger partial charge in [-0.25, -0.2) is 4.98 Å². The van der Waals surface area contributed by atoms with Gasteiger partial charge < -0.3 is 15.4 Å². The lowest BCUT2D eigenvalue weighted by molar-refractivity contribution is 0.185. The van der Waals surface area contributed by atoms with Crippen molar-refractivity contribution in [3.8, 4) is 0 Å². The van der Waals surface area contributed by atoms with Crippen LogP contribution in [0, 0.1) is 6.92 Å². The molecule has 0 atom stereocenters. The molecule has 0 fully saturated rings. The summed E-state index contributed by atoms with van der Waals surface area (Å²) in [6, 6.07) is 8.32. The lowest BCUT2D eigenvalue weighted by atomic mass is 10.1. The zero-order valence-corrected chi connectivity index (χ0v) is 14.0. The van der Waals surface area contributed by atoms with Gasteiger partial charge in [0.25, 0.3) is 0 Å². The smallest absolute Gasteiger partial charge is 0.191 e. The quantitative estimate of drug-likeness (QED) is 0.634. The van der Waals surface area contributed by atoms with Crippen LogP contribution in [0.4, 0.5) is 0 Å². The van der Waals surface area contributed by atoms with E-state index >= 15 is 0 Å². The second-order valence-electron chi connectivity index (χ2n) is 4.90. The van der Waals surface area contributed by atoms with Crippen molar-refractivity contribution in [1.29, 1.82) is 0 Å². The highest BCUT2D eigenvalue weighted by Crippen LogP contribution is 2.10. The standard InChI is InChI=1S/C16H22N4OS/c1-12-8-18-15(22-12)10-20-16(17-2)19-9-13-5-4-6-14(7-13)11-21-3/h4-8H,9-11H2,1-3H3,(H2,17,19,20). The number of rotatable bonds is 6. The van der Waals surface area contributed by atoms with E-state index in [0.29, 0.717) is 19.7 Å². The van der Waals surface area contributed by atoms with Gasteiger partial charge in [0.1, 0.15) is 5.01 Å². The second-order valence-corrected chi connectivity index (χ2v) is 6.22. The van der Waals surface area contributed by atoms with E-state index in [4.69, 9.17) is 4.74 Å². The Balaban J connectivity index is 1.84. The molecule has 0 aliphatic heterocycles. The van der Waals surface area contributed by atoms with E-state index in [9.17, 15) is 0 Å². The molecule has 0 aliphatic carbocycles. The molecule has 2 rings (SSSR count). The van der Waals surface area contributed by atoms with Crippen LogP contribution in [0.3, 0.4) is 0 Å². The monoisotopic (exact) mass is 318 g/mol. The summed E-state index contributed by atoms with van der Waals surface area (Å²) in [6.07, 6.45) is 1.89. The number of hydrogen-bond acceptors (Lipinski definition) is 4. The largest absolute Gasteiger partial charge is 0.380 e. The number of benzene rings is 1. The van der Waals surface area contributed by atoms with Gasteiger partial charge in [0.05, 0.1) is 13.2 Å². The third-order valence-corrected chi connectivity index (χ3v) is 3.97. The molecule has 0 spiro atoms. The van der Waals surface area contributed by atoms with Crippen molar-refractivity contribution < 1.29 is 4.74 Å². The van der Waals surface area contributed by atoms with Crippen LogP contribution in [-0.4, -0.2) is 25.1 Å². The molecule has 0 saturated carbocycles. The highest BCUT2D eigenvalue weighted by molar-refractivity contribution is 7.11. The summed E-state index contributed by atoms with van der Waals surface area (Å²) < 4.78 is 5.16. The summed E-state index contributed by atoms with van der Waals surface area (Å²) in [4.78, 5) is 9.78. The predicted molar refractivity (Wildman–Crippen MR) is 91.0 cm³/mol. The minimum atomic E-state index is 0.629. The average molecular weight is 318 g/mol. The highest BCUT2D eigenvalue weighted by atomic mass is 32.1. The van der Waals surface area contributed by atoms with E-state index < -0.39 is 0 Å². The Kier molecular flexibility index (Phi) is 6.36. The second kappa shape index (κ2) is 8.51. The molecule has 2 aromatic rings. The van der Waals surface area contributed by atoms with E-state index in [1.54, 1.807) is 25.5 Å². The molecule has 6 heteroatoms. The Morgan fingerprint density at radius 2 is 2.05 bits per heavy atom. The Bertz CT molecular complexity index is 624. The van der Waals surface area contributed by atoms with Gasteiger partial charge in [-0.1, -0.05) is 24.3 Å². The lowest BCUT2D eigenvalue weighted by Gasteiger charge is -2.11. The first-order valence-corrected chi connectivity index (χ1v) is 7.95. The van der Waals surface area contributed by atoms with E-state index in [-0.39, 0.29) is 0 Å². The van der Waals surface area contributed by atoms with E-state index in [2.05, 4.69) is 45.7 Å². The molecule has 0 amide bonds. The summed E-state index contributed by atoms with van der Waals surface area (Å²) >= 11 is 1.69. The summed E-state index contributed by atoms with van der Waals surface area (Å²) in [5, 5.41) is 7.64. The van der Waals surface area contributed by atoms with Crippen molar-refractivity contribution in [3.05, 3.63) is 51.5 Å². The fourth-order valence-electron chi connectivity index (χ4n) is 2.04. The normalized spacial score (nSPS) is 11.5. The third kappa shape index (κ3) is 5.13. The molecular weight excluding hydrogens is 296 g/mol. The number of nitrogens with zero attached hydrogens (tertiary/aromatic N) is 2. The fourth-order valence-corrected chi connectivity index (χ4v) is 2.77. The van der Waals surface area contributed by atoms with Gasteiger partial charge in [-0.15, -0.1) is 11.3 Å². The number of aliphatic imine (C=N–C) groups is 1. The van der Waals surface area contributed by atoms with Gasteiger partial charge in [0.15, 0.2) is 5.96 Å². The van der Waals surface area contributed by atoms with Crippen LogP contribution < -0.4 is 10.6 Å². The maximum Gasteiger partial charge on any atom is 0.191 e. The molecule has 0 radical (unpaired) electrons. The molecule has 1 aromatic carbocycles. The highest BCUT2D eigenvalue weighted by Gasteiger charge is 2.02. The Labute approximate surface area is 135 Å². The first kappa shape index (κ1) is 16.5. The first-order chi connectivity index (χ1) is 10.7. The SMILES string of the molecule is CN=C(NCc1cccc(COC)c1)NCc1ncc(C)s1. The lowest BCUT2D eigenvalue weighted by Crippen LogP contribution is -2.36. The Hall–Kier alpha value is -1.92. The van der Waals surface area contributed by atoms with Crippen LogP contribution in [0.5, 0.6) is 0 Å². The van der Waals surface area contributed by atoms with Crippen LogP contribution in [0.25, 0.3) is 0 Å². The van der Waals surface area contributed by atoms with E-state index in [1.807, 2.05) is 12.3 Å². The van der Waals surface area contributed by atoms with Crippen molar-refractivity contribution in [2.75, 3.05) is 14.2 Å². The zero-order valence-electron chi connectivity index (χ0n) is 13.2. The van der Waals surface area contributed by atoms with Crippen molar-refractivity contribution in [2.45, 2.75) is 26.6 Å². The van der Waals surface area contributed by atoms with Crippen LogP contribution in [0.15, 0.2) is 35.5 Å². The van der Waals surface area contributed by atoms with E-state index in [0.717, 1.165) is 11.0 Å². The van der Waals surface area contributed by atoms with Gasteiger partial charge in [-0.3, -0.25) is 4.99 Å². The summed E-state index contributed by atoms with van der Waals surface area (Å²) in [7, 11) is 3.47. The molecule has 118 valence electrons. The molecule has 1 aromatic heterocycles. The van der Waals surface area contributed by atoms with Gasteiger partial charge in [0.2, 0.25) is 0 Å². The maximum atomic E-state index is 5.16. The number of aromatic nitrogens is 1. The topological polar surface area (TPSA) is 58.5 Å². The summed E-state index contributed by atoms with van der Waals surface area (Å²) in [6.45, 7) is 4.08. The molecule has 22 heavy (non-hydrogen) atoms. The van der Waals surface area contributed by atoms with Crippen molar-refractivity contribution >= 4 is 17.3 Å². The van der Waals surface area contributed by atoms with Gasteiger partial charge in [-0.05, 0) is 18.1 Å². The first-order valence-electron chi connectivity index (χ1n) is 7.14. The van der Waals surface area contributed by atoms with Gasteiger partial charge in [-0.2, -0.15) is 0 Å². The van der Waals surface area contributed by atoms with Crippen molar-refractivity contribution in [3.63, 3.8) is 0 Å². The number of nitrogens with one attached hydrogen (secondary N) is 2. The fraction of sp³-hybridized carbons (Fsp3) is 0.375. The molecule has 0 aliphatic rings. The number of guanidine groups is 1. The third-order valence-electron chi connectivity index (χ3n) is 3.06. The molecule has 2 N–H and O–H groups in total. The predicted octanol–water partition coefficient (Wildman–Crippen LogP) is 2.46. The number of thiazole rings is 1. The minimum absolute atomic E-state index is 0.629. The van der Waals surface area contributed by atoms with Gasteiger partial charge in [0, 0.05) is 31.8 Å². The molecular formula is C16H22N4OS. The number of ether oxygens (including phenoxy) is 1. The van der Waals surface area contributed by atoms with Crippen molar-refractivity contribution in [2.24, 2.45) is 4.99 Å². The van der Waals surface area contributed by atoms with Crippen molar-refractivity contribution in [1.82, 2.24) is 15.6 Å². The van der Waals surface area contributed by atoms with Gasteiger partial charge >= 0.3 is 0 Å². The average Bonchev–Trinajstić information content (AvgIpc) is 2.94. The Morgan fingerprint density at radius 1 is 1.27 bits per heavy atom. The Morgan fingerprint density at radius 3 is 2.73 bits per heavy atom. The summed E-state index contributed by atoms with van der Waals surface area (Å²) in [5.74, 6) is 0.769.